The maximum Gasteiger partial charge on any atom is 0.0323 e. The Morgan fingerprint density at radius 3 is 1.80 bits per heavy atom. The van der Waals surface area contributed by atoms with Crippen LogP contribution in [0.15, 0.2) is 18.2 Å². The molecule has 1 heteroatoms. The largest absolute Gasteiger partial charge is 0.324 e. The van der Waals surface area contributed by atoms with Gasteiger partial charge in [0.15, 0.2) is 0 Å². The van der Waals surface area contributed by atoms with Crippen LogP contribution in [0.4, 0.5) is 0 Å². The number of rotatable bonds is 3. The molecule has 2 N–H and O–H groups in total. The molecule has 2 unspecified atom stereocenters. The lowest BCUT2D eigenvalue weighted by molar-refractivity contribution is 0.352. The van der Waals surface area contributed by atoms with Gasteiger partial charge in [0.25, 0.3) is 0 Å². The molecular formula is C14H23N. The summed E-state index contributed by atoms with van der Waals surface area (Å²) in [6.07, 6.45) is 0. The average Bonchev–Trinajstić information content (AvgIpc) is 2.13. The summed E-state index contributed by atoms with van der Waals surface area (Å²) in [4.78, 5) is 0. The third-order valence-corrected chi connectivity index (χ3v) is 3.25. The zero-order valence-electron chi connectivity index (χ0n) is 10.5. The van der Waals surface area contributed by atoms with Crippen molar-refractivity contribution < 1.29 is 0 Å². The van der Waals surface area contributed by atoms with Crippen molar-refractivity contribution in [2.45, 2.75) is 40.7 Å². The SMILES string of the molecule is Cc1cc(C)cc(C(N)C(C)C(C)C)c1. The molecule has 0 aliphatic carbocycles. The number of aryl methyl sites for hydroxylation is 2. The zero-order chi connectivity index (χ0) is 11.6. The molecular weight excluding hydrogens is 182 g/mol. The molecule has 84 valence electrons. The van der Waals surface area contributed by atoms with Gasteiger partial charge in [-0.2, -0.15) is 0 Å². The third kappa shape index (κ3) is 3.07. The van der Waals surface area contributed by atoms with Crippen LogP contribution < -0.4 is 5.73 Å². The Labute approximate surface area is 93.7 Å². The number of hydrogen-bond acceptors (Lipinski definition) is 1. The van der Waals surface area contributed by atoms with Gasteiger partial charge in [-0.05, 0) is 31.2 Å². The van der Waals surface area contributed by atoms with E-state index in [2.05, 4.69) is 52.8 Å². The summed E-state index contributed by atoms with van der Waals surface area (Å²) in [5, 5.41) is 0. The van der Waals surface area contributed by atoms with Crippen molar-refractivity contribution >= 4 is 0 Å². The van der Waals surface area contributed by atoms with Crippen molar-refractivity contribution in [1.29, 1.82) is 0 Å². The molecule has 1 nitrogen and oxygen atoms in total. The molecule has 0 spiro atoms. The van der Waals surface area contributed by atoms with Crippen LogP contribution >= 0.6 is 0 Å². The van der Waals surface area contributed by atoms with Gasteiger partial charge in [-0.25, -0.2) is 0 Å². The predicted molar refractivity (Wildman–Crippen MR) is 66.8 cm³/mol. The Morgan fingerprint density at radius 2 is 1.40 bits per heavy atom. The highest BCUT2D eigenvalue weighted by atomic mass is 14.6. The highest BCUT2D eigenvalue weighted by Crippen LogP contribution is 2.26. The van der Waals surface area contributed by atoms with E-state index in [9.17, 15) is 0 Å². The highest BCUT2D eigenvalue weighted by molar-refractivity contribution is 5.30. The van der Waals surface area contributed by atoms with Crippen molar-refractivity contribution in [3.63, 3.8) is 0 Å². The zero-order valence-corrected chi connectivity index (χ0v) is 10.5. The van der Waals surface area contributed by atoms with Crippen molar-refractivity contribution in [3.8, 4) is 0 Å². The summed E-state index contributed by atoms with van der Waals surface area (Å²) < 4.78 is 0. The minimum atomic E-state index is 0.156. The lowest BCUT2D eigenvalue weighted by atomic mass is 9.86. The van der Waals surface area contributed by atoms with Crippen molar-refractivity contribution in [3.05, 3.63) is 34.9 Å². The molecule has 1 aromatic carbocycles. The molecule has 0 fully saturated rings. The van der Waals surface area contributed by atoms with Crippen molar-refractivity contribution in [2.75, 3.05) is 0 Å². The average molecular weight is 205 g/mol. The van der Waals surface area contributed by atoms with E-state index in [1.54, 1.807) is 0 Å². The molecule has 1 rings (SSSR count). The second-order valence-corrected chi connectivity index (χ2v) is 5.05. The molecule has 1 aromatic rings. The van der Waals surface area contributed by atoms with Crippen LogP contribution in [0.3, 0.4) is 0 Å². The molecule has 0 saturated heterocycles. The molecule has 0 amide bonds. The van der Waals surface area contributed by atoms with Crippen LogP contribution in [-0.2, 0) is 0 Å². The van der Waals surface area contributed by atoms with Crippen LogP contribution in [0.2, 0.25) is 0 Å². The summed E-state index contributed by atoms with van der Waals surface area (Å²) in [5.74, 6) is 1.15. The van der Waals surface area contributed by atoms with Crippen molar-refractivity contribution in [2.24, 2.45) is 17.6 Å². The predicted octanol–water partition coefficient (Wildman–Crippen LogP) is 3.60. The molecule has 2 atom stereocenters. The normalized spacial score (nSPS) is 15.4. The number of hydrogen-bond donors (Lipinski definition) is 1. The van der Waals surface area contributed by atoms with Gasteiger partial charge in [0.2, 0.25) is 0 Å². The molecule has 0 aliphatic heterocycles. The maximum absolute atomic E-state index is 6.28. The first-order chi connectivity index (χ1) is 6.91. The summed E-state index contributed by atoms with van der Waals surface area (Å²) >= 11 is 0. The second kappa shape index (κ2) is 4.80. The van der Waals surface area contributed by atoms with Gasteiger partial charge in [-0.3, -0.25) is 0 Å². The molecule has 0 heterocycles. The first-order valence-corrected chi connectivity index (χ1v) is 5.75. The smallest absolute Gasteiger partial charge is 0.0323 e. The summed E-state index contributed by atoms with van der Waals surface area (Å²) in [7, 11) is 0. The second-order valence-electron chi connectivity index (χ2n) is 5.05. The van der Waals surface area contributed by atoms with E-state index in [4.69, 9.17) is 5.73 Å². The Balaban J connectivity index is 2.95. The molecule has 0 aromatic heterocycles. The standard InChI is InChI=1S/C14H23N/c1-9(2)12(5)14(15)13-7-10(3)6-11(4)8-13/h6-9,12,14H,15H2,1-5H3. The quantitative estimate of drug-likeness (QED) is 0.801. The lowest BCUT2D eigenvalue weighted by Gasteiger charge is -2.24. The molecule has 0 saturated carbocycles. The van der Waals surface area contributed by atoms with Gasteiger partial charge in [0, 0.05) is 6.04 Å². The Kier molecular flexibility index (Phi) is 3.92. The summed E-state index contributed by atoms with van der Waals surface area (Å²) in [5.41, 5.74) is 10.2. The van der Waals surface area contributed by atoms with Crippen LogP contribution in [-0.4, -0.2) is 0 Å². The minimum Gasteiger partial charge on any atom is -0.324 e. The van der Waals surface area contributed by atoms with Crippen LogP contribution in [0.25, 0.3) is 0 Å². The van der Waals surface area contributed by atoms with Crippen LogP contribution in [0.5, 0.6) is 0 Å². The Bertz CT molecular complexity index is 308. The fourth-order valence-electron chi connectivity index (χ4n) is 1.92. The molecule has 0 aliphatic rings. The van der Waals surface area contributed by atoms with E-state index in [0.29, 0.717) is 11.8 Å². The van der Waals surface area contributed by atoms with E-state index < -0.39 is 0 Å². The van der Waals surface area contributed by atoms with Crippen LogP contribution in [0, 0.1) is 25.7 Å². The fraction of sp³-hybridized carbons (Fsp3) is 0.571. The van der Waals surface area contributed by atoms with Gasteiger partial charge < -0.3 is 5.73 Å². The molecule has 0 bridgehead atoms. The topological polar surface area (TPSA) is 26.0 Å². The minimum absolute atomic E-state index is 0.156. The fourth-order valence-corrected chi connectivity index (χ4v) is 1.92. The molecule has 15 heavy (non-hydrogen) atoms. The highest BCUT2D eigenvalue weighted by Gasteiger charge is 2.18. The monoisotopic (exact) mass is 205 g/mol. The Morgan fingerprint density at radius 1 is 0.933 bits per heavy atom. The van der Waals surface area contributed by atoms with Gasteiger partial charge in [-0.15, -0.1) is 0 Å². The van der Waals surface area contributed by atoms with E-state index in [0.717, 1.165) is 0 Å². The van der Waals surface area contributed by atoms with E-state index in [-0.39, 0.29) is 6.04 Å². The van der Waals surface area contributed by atoms with E-state index >= 15 is 0 Å². The Hall–Kier alpha value is -0.820. The van der Waals surface area contributed by atoms with Gasteiger partial charge in [-0.1, -0.05) is 50.1 Å². The van der Waals surface area contributed by atoms with E-state index in [1.165, 1.54) is 16.7 Å². The van der Waals surface area contributed by atoms with Gasteiger partial charge in [0.1, 0.15) is 0 Å². The summed E-state index contributed by atoms with van der Waals surface area (Å²) in [6.45, 7) is 10.9. The van der Waals surface area contributed by atoms with Gasteiger partial charge in [0.05, 0.1) is 0 Å². The number of nitrogens with two attached hydrogens (primary N) is 1. The van der Waals surface area contributed by atoms with E-state index in [1.807, 2.05) is 0 Å². The summed E-state index contributed by atoms with van der Waals surface area (Å²) in [6, 6.07) is 6.76. The first kappa shape index (κ1) is 12.3. The molecule has 0 radical (unpaired) electrons. The first-order valence-electron chi connectivity index (χ1n) is 5.75. The lowest BCUT2D eigenvalue weighted by Crippen LogP contribution is -2.23. The van der Waals surface area contributed by atoms with Crippen LogP contribution in [0.1, 0.15) is 43.5 Å². The third-order valence-electron chi connectivity index (χ3n) is 3.25. The van der Waals surface area contributed by atoms with Crippen molar-refractivity contribution in [1.82, 2.24) is 0 Å². The number of benzene rings is 1. The van der Waals surface area contributed by atoms with Gasteiger partial charge >= 0.3 is 0 Å². The maximum atomic E-state index is 6.28.